The number of nitrogens with zero attached hydrogens (tertiary/aromatic N) is 1. The first-order valence-corrected chi connectivity index (χ1v) is 8.19. The predicted molar refractivity (Wildman–Crippen MR) is 87.1 cm³/mol. The fraction of sp³-hybridized carbons (Fsp3) is 0.611. The summed E-state index contributed by atoms with van der Waals surface area (Å²) in [6.07, 6.45) is 3.32. The van der Waals surface area contributed by atoms with E-state index in [0.717, 1.165) is 32.5 Å². The molecule has 0 bridgehead atoms. The van der Waals surface area contributed by atoms with Gasteiger partial charge in [-0.05, 0) is 44.2 Å². The molecule has 0 aromatic heterocycles. The van der Waals surface area contributed by atoms with Crippen LogP contribution < -0.4 is 5.32 Å². The summed E-state index contributed by atoms with van der Waals surface area (Å²) >= 11 is 0. The number of carbonyl (C=O) groups excluding carboxylic acids is 1. The third kappa shape index (κ3) is 4.31. The summed E-state index contributed by atoms with van der Waals surface area (Å²) in [4.78, 5) is 14.9. The van der Waals surface area contributed by atoms with E-state index < -0.39 is 0 Å². The van der Waals surface area contributed by atoms with Gasteiger partial charge in [0, 0.05) is 13.1 Å². The molecule has 1 aliphatic heterocycles. The second-order valence-corrected chi connectivity index (χ2v) is 6.30. The molecule has 1 N–H and O–H groups in total. The van der Waals surface area contributed by atoms with Crippen molar-refractivity contribution in [1.82, 2.24) is 10.2 Å². The topological polar surface area (TPSA) is 32.3 Å². The summed E-state index contributed by atoms with van der Waals surface area (Å²) in [5, 5.41) is 3.41. The molecule has 1 heterocycles. The van der Waals surface area contributed by atoms with Gasteiger partial charge in [0.25, 0.3) is 0 Å². The van der Waals surface area contributed by atoms with Crippen molar-refractivity contribution < 1.29 is 4.79 Å². The molecule has 1 saturated heterocycles. The van der Waals surface area contributed by atoms with Crippen LogP contribution in [0.15, 0.2) is 24.3 Å². The SMILES string of the molecule is CCCN(Cc1ccc(C)cc1)C(=O)C1NCCCC1C. The molecule has 116 valence electrons. The van der Waals surface area contributed by atoms with Gasteiger partial charge in [-0.15, -0.1) is 0 Å². The number of hydrogen-bond acceptors (Lipinski definition) is 2. The van der Waals surface area contributed by atoms with E-state index in [4.69, 9.17) is 0 Å². The highest BCUT2D eigenvalue weighted by molar-refractivity contribution is 5.82. The number of aryl methyl sites for hydroxylation is 1. The molecule has 2 atom stereocenters. The van der Waals surface area contributed by atoms with Crippen LogP contribution in [0.25, 0.3) is 0 Å². The average Bonchev–Trinajstić information content (AvgIpc) is 2.49. The van der Waals surface area contributed by atoms with Gasteiger partial charge in [0.2, 0.25) is 5.91 Å². The number of nitrogens with one attached hydrogen (secondary N) is 1. The summed E-state index contributed by atoms with van der Waals surface area (Å²) in [7, 11) is 0. The first kappa shape index (κ1) is 16.0. The highest BCUT2D eigenvalue weighted by Gasteiger charge is 2.30. The van der Waals surface area contributed by atoms with Crippen molar-refractivity contribution in [3.63, 3.8) is 0 Å². The molecule has 0 spiro atoms. The molecule has 1 aliphatic rings. The maximum Gasteiger partial charge on any atom is 0.240 e. The summed E-state index contributed by atoms with van der Waals surface area (Å²) in [6.45, 7) is 8.92. The zero-order valence-corrected chi connectivity index (χ0v) is 13.6. The lowest BCUT2D eigenvalue weighted by molar-refractivity contribution is -0.136. The lowest BCUT2D eigenvalue weighted by Gasteiger charge is -2.34. The maximum absolute atomic E-state index is 12.8. The van der Waals surface area contributed by atoms with Crippen LogP contribution in [0, 0.1) is 12.8 Å². The van der Waals surface area contributed by atoms with Crippen LogP contribution in [0.1, 0.15) is 44.2 Å². The van der Waals surface area contributed by atoms with Crippen molar-refractivity contribution in [3.05, 3.63) is 35.4 Å². The Hall–Kier alpha value is -1.35. The van der Waals surface area contributed by atoms with Crippen molar-refractivity contribution in [1.29, 1.82) is 0 Å². The number of rotatable bonds is 5. The van der Waals surface area contributed by atoms with Gasteiger partial charge in [0.15, 0.2) is 0 Å². The second-order valence-electron chi connectivity index (χ2n) is 6.30. The molecule has 2 rings (SSSR count). The van der Waals surface area contributed by atoms with E-state index in [-0.39, 0.29) is 11.9 Å². The Labute approximate surface area is 128 Å². The first-order valence-electron chi connectivity index (χ1n) is 8.19. The molecule has 0 radical (unpaired) electrons. The van der Waals surface area contributed by atoms with Gasteiger partial charge in [-0.3, -0.25) is 4.79 Å². The molecule has 1 amide bonds. The first-order chi connectivity index (χ1) is 10.1. The van der Waals surface area contributed by atoms with E-state index in [2.05, 4.69) is 50.4 Å². The van der Waals surface area contributed by atoms with Gasteiger partial charge in [-0.25, -0.2) is 0 Å². The smallest absolute Gasteiger partial charge is 0.240 e. The van der Waals surface area contributed by atoms with Crippen molar-refractivity contribution in [2.75, 3.05) is 13.1 Å². The Balaban J connectivity index is 2.06. The predicted octanol–water partition coefficient (Wildman–Crippen LogP) is 3.12. The summed E-state index contributed by atoms with van der Waals surface area (Å²) in [6, 6.07) is 8.48. The third-order valence-electron chi connectivity index (χ3n) is 4.33. The van der Waals surface area contributed by atoms with Gasteiger partial charge >= 0.3 is 0 Å². The Kier molecular flexibility index (Phi) is 5.80. The number of benzene rings is 1. The van der Waals surface area contributed by atoms with Crippen LogP contribution in [-0.2, 0) is 11.3 Å². The van der Waals surface area contributed by atoms with Gasteiger partial charge in [-0.2, -0.15) is 0 Å². The lowest BCUT2D eigenvalue weighted by atomic mass is 9.91. The van der Waals surface area contributed by atoms with Crippen LogP contribution in [-0.4, -0.2) is 29.9 Å². The summed E-state index contributed by atoms with van der Waals surface area (Å²) in [5.74, 6) is 0.702. The minimum Gasteiger partial charge on any atom is -0.337 e. The Morgan fingerprint density at radius 2 is 2.05 bits per heavy atom. The number of piperidine rings is 1. The molecule has 0 aliphatic carbocycles. The highest BCUT2D eigenvalue weighted by Crippen LogP contribution is 2.19. The molecule has 0 saturated carbocycles. The van der Waals surface area contributed by atoms with E-state index >= 15 is 0 Å². The number of amides is 1. The van der Waals surface area contributed by atoms with Crippen molar-refractivity contribution >= 4 is 5.91 Å². The third-order valence-corrected chi connectivity index (χ3v) is 4.33. The molecule has 3 nitrogen and oxygen atoms in total. The van der Waals surface area contributed by atoms with E-state index in [0.29, 0.717) is 5.92 Å². The average molecular weight is 288 g/mol. The minimum atomic E-state index is -0.00394. The van der Waals surface area contributed by atoms with Gasteiger partial charge in [0.05, 0.1) is 6.04 Å². The number of hydrogen-bond donors (Lipinski definition) is 1. The van der Waals surface area contributed by atoms with Crippen molar-refractivity contribution in [3.8, 4) is 0 Å². The molecule has 1 aromatic rings. The zero-order valence-electron chi connectivity index (χ0n) is 13.6. The monoisotopic (exact) mass is 288 g/mol. The molecule has 3 heteroatoms. The van der Waals surface area contributed by atoms with Crippen LogP contribution in [0.2, 0.25) is 0 Å². The van der Waals surface area contributed by atoms with Crippen LogP contribution in [0.5, 0.6) is 0 Å². The fourth-order valence-electron chi connectivity index (χ4n) is 3.03. The van der Waals surface area contributed by atoms with E-state index in [1.165, 1.54) is 17.5 Å². The zero-order chi connectivity index (χ0) is 15.2. The lowest BCUT2D eigenvalue weighted by Crippen LogP contribution is -2.52. The van der Waals surface area contributed by atoms with E-state index in [1.54, 1.807) is 0 Å². The molecule has 1 aromatic carbocycles. The van der Waals surface area contributed by atoms with Gasteiger partial charge in [0.1, 0.15) is 0 Å². The fourth-order valence-corrected chi connectivity index (χ4v) is 3.03. The molecular formula is C18H28N2O. The van der Waals surface area contributed by atoms with Crippen LogP contribution >= 0.6 is 0 Å². The maximum atomic E-state index is 12.8. The Morgan fingerprint density at radius 1 is 1.33 bits per heavy atom. The molecule has 21 heavy (non-hydrogen) atoms. The highest BCUT2D eigenvalue weighted by atomic mass is 16.2. The quantitative estimate of drug-likeness (QED) is 0.903. The second kappa shape index (κ2) is 7.60. The Bertz CT molecular complexity index is 455. The van der Waals surface area contributed by atoms with E-state index in [9.17, 15) is 4.79 Å². The van der Waals surface area contributed by atoms with Crippen molar-refractivity contribution in [2.24, 2.45) is 5.92 Å². The number of carbonyl (C=O) groups is 1. The minimum absolute atomic E-state index is 0.00394. The van der Waals surface area contributed by atoms with Gasteiger partial charge < -0.3 is 10.2 Å². The van der Waals surface area contributed by atoms with Crippen LogP contribution in [0.4, 0.5) is 0 Å². The van der Waals surface area contributed by atoms with Gasteiger partial charge in [-0.1, -0.05) is 43.7 Å². The van der Waals surface area contributed by atoms with E-state index in [1.807, 2.05) is 4.90 Å². The van der Waals surface area contributed by atoms with Crippen molar-refractivity contribution in [2.45, 2.75) is 52.6 Å². The normalized spacial score (nSPS) is 22.0. The Morgan fingerprint density at radius 3 is 2.67 bits per heavy atom. The largest absolute Gasteiger partial charge is 0.337 e. The van der Waals surface area contributed by atoms with Crippen LogP contribution in [0.3, 0.4) is 0 Å². The summed E-state index contributed by atoms with van der Waals surface area (Å²) < 4.78 is 0. The standard InChI is InChI=1S/C18H28N2O/c1-4-12-20(13-16-9-7-14(2)8-10-16)18(21)17-15(3)6-5-11-19-17/h7-10,15,17,19H,4-6,11-13H2,1-3H3. The molecule has 2 unspecified atom stereocenters. The molecule has 1 fully saturated rings. The molecular weight excluding hydrogens is 260 g/mol. The summed E-state index contributed by atoms with van der Waals surface area (Å²) in [5.41, 5.74) is 2.47.